The molecule has 1 fully saturated rings. The van der Waals surface area contributed by atoms with Gasteiger partial charge in [-0.2, -0.15) is 0 Å². The molecule has 0 aromatic heterocycles. The average molecular weight is 406 g/mol. The van der Waals surface area contributed by atoms with Crippen LogP contribution in [0.3, 0.4) is 0 Å². The fourth-order valence-electron chi connectivity index (χ4n) is 2.26. The van der Waals surface area contributed by atoms with Gasteiger partial charge < -0.3 is 15.3 Å². The van der Waals surface area contributed by atoms with Gasteiger partial charge in [0, 0.05) is 15.5 Å². The molecule has 1 aliphatic heterocycles. The summed E-state index contributed by atoms with van der Waals surface area (Å²) in [6, 6.07) is 2.65. The van der Waals surface area contributed by atoms with Crippen molar-refractivity contribution in [1.82, 2.24) is 4.90 Å². The lowest BCUT2D eigenvalue weighted by Gasteiger charge is -2.22. The van der Waals surface area contributed by atoms with Gasteiger partial charge in [-0.25, -0.2) is 9.59 Å². The van der Waals surface area contributed by atoms with Crippen molar-refractivity contribution in [3.63, 3.8) is 0 Å². The Balaban J connectivity index is 2.18. The molecular formula is C13H14Br2N2O3. The van der Waals surface area contributed by atoms with Crippen molar-refractivity contribution in [2.75, 3.05) is 11.9 Å². The van der Waals surface area contributed by atoms with Crippen molar-refractivity contribution >= 4 is 49.5 Å². The third kappa shape index (κ3) is 3.15. The van der Waals surface area contributed by atoms with Crippen LogP contribution in [-0.2, 0) is 4.79 Å². The van der Waals surface area contributed by atoms with E-state index in [0.29, 0.717) is 25.1 Å². The van der Waals surface area contributed by atoms with E-state index in [-0.39, 0.29) is 6.03 Å². The Morgan fingerprint density at radius 1 is 1.35 bits per heavy atom. The molecule has 1 heterocycles. The molecule has 1 atom stereocenters. The monoisotopic (exact) mass is 404 g/mol. The molecule has 2 rings (SSSR count). The lowest BCUT2D eigenvalue weighted by molar-refractivity contribution is -0.141. The smallest absolute Gasteiger partial charge is 0.326 e. The third-order valence-electron chi connectivity index (χ3n) is 3.22. The van der Waals surface area contributed by atoms with Gasteiger partial charge in [0.05, 0.1) is 5.69 Å². The topological polar surface area (TPSA) is 69.6 Å². The zero-order valence-corrected chi connectivity index (χ0v) is 14.0. The summed E-state index contributed by atoms with van der Waals surface area (Å²) in [6.45, 7) is 2.41. The largest absolute Gasteiger partial charge is 0.480 e. The van der Waals surface area contributed by atoms with Gasteiger partial charge in [-0.05, 0) is 69.3 Å². The number of anilines is 1. The summed E-state index contributed by atoms with van der Waals surface area (Å²) < 4.78 is 1.51. The Labute approximate surface area is 133 Å². The second-order valence-electron chi connectivity index (χ2n) is 4.72. The summed E-state index contributed by atoms with van der Waals surface area (Å²) in [7, 11) is 0. The number of carbonyl (C=O) groups is 2. The van der Waals surface area contributed by atoms with Crippen LogP contribution in [0.25, 0.3) is 0 Å². The highest BCUT2D eigenvalue weighted by Crippen LogP contribution is 2.33. The number of carbonyl (C=O) groups excluding carboxylic acids is 1. The number of carboxylic acid groups (broad SMARTS) is 1. The quantitative estimate of drug-likeness (QED) is 0.789. The lowest BCUT2D eigenvalue weighted by Crippen LogP contribution is -2.42. The van der Waals surface area contributed by atoms with Crippen molar-refractivity contribution in [1.29, 1.82) is 0 Å². The molecule has 0 saturated carbocycles. The van der Waals surface area contributed by atoms with E-state index in [1.165, 1.54) is 4.90 Å². The minimum atomic E-state index is -0.959. The summed E-state index contributed by atoms with van der Waals surface area (Å²) >= 11 is 6.80. The van der Waals surface area contributed by atoms with E-state index >= 15 is 0 Å². The van der Waals surface area contributed by atoms with Crippen molar-refractivity contribution < 1.29 is 14.7 Å². The zero-order chi connectivity index (χ0) is 14.9. The first-order chi connectivity index (χ1) is 9.40. The Morgan fingerprint density at radius 3 is 2.50 bits per heavy atom. The van der Waals surface area contributed by atoms with Crippen molar-refractivity contribution in [2.45, 2.75) is 25.8 Å². The molecule has 2 amide bonds. The van der Waals surface area contributed by atoms with E-state index in [2.05, 4.69) is 37.2 Å². The third-order valence-corrected chi connectivity index (χ3v) is 4.47. The number of aliphatic carboxylic acids is 1. The molecule has 1 saturated heterocycles. The highest BCUT2D eigenvalue weighted by molar-refractivity contribution is 9.11. The summed E-state index contributed by atoms with van der Waals surface area (Å²) in [5.41, 5.74) is 1.66. The molecule has 20 heavy (non-hydrogen) atoms. The summed E-state index contributed by atoms with van der Waals surface area (Å²) in [4.78, 5) is 24.7. The normalized spacial score (nSPS) is 18.1. The zero-order valence-electron chi connectivity index (χ0n) is 10.8. The van der Waals surface area contributed by atoms with Crippen molar-refractivity contribution in [3.05, 3.63) is 26.6 Å². The van der Waals surface area contributed by atoms with Gasteiger partial charge in [-0.1, -0.05) is 0 Å². The van der Waals surface area contributed by atoms with Crippen molar-refractivity contribution in [2.24, 2.45) is 0 Å². The van der Waals surface area contributed by atoms with E-state index < -0.39 is 12.0 Å². The number of hydrogen-bond donors (Lipinski definition) is 2. The van der Waals surface area contributed by atoms with Crippen LogP contribution in [0.1, 0.15) is 18.4 Å². The number of nitrogens with one attached hydrogen (secondary N) is 1. The summed E-state index contributed by atoms with van der Waals surface area (Å²) in [6.07, 6.45) is 1.21. The molecule has 0 aliphatic carbocycles. The highest BCUT2D eigenvalue weighted by Gasteiger charge is 2.34. The Bertz CT molecular complexity index is 540. The van der Waals surface area contributed by atoms with Gasteiger partial charge >= 0.3 is 12.0 Å². The Kier molecular flexibility index (Phi) is 4.70. The number of benzene rings is 1. The van der Waals surface area contributed by atoms with Gasteiger partial charge in [-0.15, -0.1) is 0 Å². The SMILES string of the molecule is Cc1cc(Br)c(NC(=O)N2CCCC2C(=O)O)c(Br)c1. The summed E-state index contributed by atoms with van der Waals surface area (Å²) in [5.74, 6) is -0.959. The number of amides is 2. The average Bonchev–Trinajstić information content (AvgIpc) is 2.82. The summed E-state index contributed by atoms with van der Waals surface area (Å²) in [5, 5.41) is 11.9. The molecule has 2 N–H and O–H groups in total. The van der Waals surface area contributed by atoms with E-state index in [0.717, 1.165) is 14.5 Å². The molecule has 1 unspecified atom stereocenters. The van der Waals surface area contributed by atoms with Gasteiger partial charge in [-0.3, -0.25) is 0 Å². The molecule has 7 heteroatoms. The number of hydrogen-bond acceptors (Lipinski definition) is 2. The van der Waals surface area contributed by atoms with E-state index in [1.807, 2.05) is 19.1 Å². The molecule has 1 aromatic carbocycles. The predicted molar refractivity (Wildman–Crippen MR) is 83.0 cm³/mol. The first kappa shape index (κ1) is 15.3. The minimum Gasteiger partial charge on any atom is -0.480 e. The standard InChI is InChI=1S/C13H14Br2N2O3/c1-7-5-8(14)11(9(15)6-7)16-13(20)17-4-2-3-10(17)12(18)19/h5-6,10H,2-4H2,1H3,(H,16,20)(H,18,19). The maximum atomic E-state index is 12.2. The second kappa shape index (κ2) is 6.13. The molecule has 1 aliphatic rings. The van der Waals surface area contributed by atoms with Crippen LogP contribution in [0.2, 0.25) is 0 Å². The maximum Gasteiger partial charge on any atom is 0.326 e. The molecule has 0 radical (unpaired) electrons. The van der Waals surface area contributed by atoms with Gasteiger partial charge in [0.15, 0.2) is 0 Å². The lowest BCUT2D eigenvalue weighted by atomic mass is 10.2. The number of aryl methyl sites for hydroxylation is 1. The van der Waals surface area contributed by atoms with Gasteiger partial charge in [0.2, 0.25) is 0 Å². The molecule has 1 aromatic rings. The van der Waals surface area contributed by atoms with Crippen LogP contribution in [0.15, 0.2) is 21.1 Å². The number of likely N-dealkylation sites (tertiary alicyclic amines) is 1. The maximum absolute atomic E-state index is 12.2. The fraction of sp³-hybridized carbons (Fsp3) is 0.385. The first-order valence-corrected chi connectivity index (χ1v) is 7.75. The van der Waals surface area contributed by atoms with Crippen LogP contribution in [-0.4, -0.2) is 34.6 Å². The van der Waals surface area contributed by atoms with Crippen LogP contribution in [0.4, 0.5) is 10.5 Å². The highest BCUT2D eigenvalue weighted by atomic mass is 79.9. The van der Waals surface area contributed by atoms with Crippen LogP contribution < -0.4 is 5.32 Å². The predicted octanol–water partition coefficient (Wildman–Crippen LogP) is 3.60. The van der Waals surface area contributed by atoms with Crippen LogP contribution in [0, 0.1) is 6.92 Å². The van der Waals surface area contributed by atoms with E-state index in [4.69, 9.17) is 5.11 Å². The number of rotatable bonds is 2. The van der Waals surface area contributed by atoms with Gasteiger partial charge in [0.25, 0.3) is 0 Å². The molecule has 5 nitrogen and oxygen atoms in total. The van der Waals surface area contributed by atoms with Crippen LogP contribution >= 0.6 is 31.9 Å². The Morgan fingerprint density at radius 2 is 1.95 bits per heavy atom. The Hall–Kier alpha value is -1.08. The van der Waals surface area contributed by atoms with Gasteiger partial charge in [0.1, 0.15) is 6.04 Å². The number of urea groups is 1. The number of carboxylic acids is 1. The van der Waals surface area contributed by atoms with E-state index in [1.54, 1.807) is 0 Å². The number of halogens is 2. The van der Waals surface area contributed by atoms with Crippen LogP contribution in [0.5, 0.6) is 0 Å². The second-order valence-corrected chi connectivity index (χ2v) is 6.43. The first-order valence-electron chi connectivity index (χ1n) is 6.16. The molecular weight excluding hydrogens is 392 g/mol. The molecule has 0 bridgehead atoms. The molecule has 108 valence electrons. The fourth-order valence-corrected chi connectivity index (χ4v) is 3.88. The van der Waals surface area contributed by atoms with E-state index in [9.17, 15) is 9.59 Å². The molecule has 0 spiro atoms. The number of nitrogens with zero attached hydrogens (tertiary/aromatic N) is 1. The van der Waals surface area contributed by atoms with Crippen molar-refractivity contribution in [3.8, 4) is 0 Å². The minimum absolute atomic E-state index is 0.389.